The van der Waals surface area contributed by atoms with Crippen LogP contribution in [-0.2, 0) is 0 Å². The van der Waals surface area contributed by atoms with Gasteiger partial charge in [-0.25, -0.2) is 8.78 Å². The van der Waals surface area contributed by atoms with E-state index in [1.165, 1.54) is 12.8 Å². The minimum Gasteiger partial charge on any atom is -0.303 e. The van der Waals surface area contributed by atoms with Crippen LogP contribution in [0.2, 0.25) is 0 Å². The van der Waals surface area contributed by atoms with Gasteiger partial charge in [0.15, 0.2) is 0 Å². The highest BCUT2D eigenvalue weighted by Crippen LogP contribution is 2.57. The smallest absolute Gasteiger partial charge is 0.252 e. The van der Waals surface area contributed by atoms with Gasteiger partial charge in [-0.15, -0.1) is 0 Å². The predicted octanol–water partition coefficient (Wildman–Crippen LogP) is 3.15. The van der Waals surface area contributed by atoms with Crippen LogP contribution in [0.15, 0.2) is 0 Å². The van der Waals surface area contributed by atoms with Crippen LogP contribution in [0.3, 0.4) is 0 Å². The Bertz CT molecular complexity index is 222. The van der Waals surface area contributed by atoms with E-state index in [1.54, 1.807) is 0 Å². The Labute approximate surface area is 90.8 Å². The van der Waals surface area contributed by atoms with Crippen molar-refractivity contribution in [1.82, 2.24) is 4.90 Å². The van der Waals surface area contributed by atoms with Crippen LogP contribution in [0.25, 0.3) is 0 Å². The number of rotatable bonds is 3. The fourth-order valence-corrected chi connectivity index (χ4v) is 2.54. The first-order valence-corrected chi connectivity index (χ1v) is 6.03. The zero-order chi connectivity index (χ0) is 11.1. The van der Waals surface area contributed by atoms with Gasteiger partial charge in [0.25, 0.3) is 5.92 Å². The molecule has 0 spiro atoms. The lowest BCUT2D eigenvalue weighted by Crippen LogP contribution is -2.42. The van der Waals surface area contributed by atoms with Gasteiger partial charge in [0.1, 0.15) is 0 Å². The van der Waals surface area contributed by atoms with Crippen LogP contribution in [0, 0.1) is 11.3 Å². The molecule has 1 aliphatic carbocycles. The van der Waals surface area contributed by atoms with Crippen LogP contribution in [0.4, 0.5) is 8.78 Å². The molecule has 0 unspecified atom stereocenters. The molecule has 1 saturated carbocycles. The van der Waals surface area contributed by atoms with Crippen LogP contribution in [0.5, 0.6) is 0 Å². The maximum absolute atomic E-state index is 13.4. The number of hydrogen-bond donors (Lipinski definition) is 0. The van der Waals surface area contributed by atoms with Gasteiger partial charge in [-0.3, -0.25) is 0 Å². The summed E-state index contributed by atoms with van der Waals surface area (Å²) in [6.45, 7) is 5.98. The summed E-state index contributed by atoms with van der Waals surface area (Å²) in [5.74, 6) is -1.71. The first-order valence-electron chi connectivity index (χ1n) is 6.03. The molecular weight excluding hydrogens is 196 g/mol. The number of alkyl halides is 2. The summed E-state index contributed by atoms with van der Waals surface area (Å²) in [6.07, 6.45) is 3.77. The maximum Gasteiger partial charge on any atom is 0.252 e. The summed E-state index contributed by atoms with van der Waals surface area (Å²) in [5, 5.41) is 0. The van der Waals surface area contributed by atoms with E-state index < -0.39 is 11.3 Å². The molecule has 0 amide bonds. The summed E-state index contributed by atoms with van der Waals surface area (Å²) in [7, 11) is 0. The van der Waals surface area contributed by atoms with E-state index in [0.29, 0.717) is 19.4 Å². The monoisotopic (exact) mass is 217 g/mol. The molecular formula is C12H21F2N. The molecule has 1 aliphatic heterocycles. The number of hydrogen-bond acceptors (Lipinski definition) is 1. The van der Waals surface area contributed by atoms with Gasteiger partial charge < -0.3 is 4.90 Å². The maximum atomic E-state index is 13.4. The molecule has 0 bridgehead atoms. The summed E-state index contributed by atoms with van der Waals surface area (Å²) < 4.78 is 26.7. The third-order valence-electron chi connectivity index (χ3n) is 4.19. The first kappa shape index (κ1) is 11.3. The van der Waals surface area contributed by atoms with Crippen molar-refractivity contribution in [3.63, 3.8) is 0 Å². The SMILES string of the molecule is CC1CCN(CC2(C(C)(F)F)CC2)CC1. The Morgan fingerprint density at radius 1 is 1.27 bits per heavy atom. The van der Waals surface area contributed by atoms with Crippen LogP contribution < -0.4 is 0 Å². The largest absolute Gasteiger partial charge is 0.303 e. The van der Waals surface area contributed by atoms with E-state index in [-0.39, 0.29) is 0 Å². The fourth-order valence-electron chi connectivity index (χ4n) is 2.54. The molecule has 15 heavy (non-hydrogen) atoms. The minimum absolute atomic E-state index is 0.614. The normalized spacial score (nSPS) is 28.0. The number of piperidine rings is 1. The van der Waals surface area contributed by atoms with Crippen molar-refractivity contribution in [2.45, 2.75) is 45.5 Å². The molecule has 0 aromatic carbocycles. The minimum atomic E-state index is -2.49. The van der Waals surface area contributed by atoms with E-state index in [9.17, 15) is 8.78 Å². The molecule has 2 fully saturated rings. The summed E-state index contributed by atoms with van der Waals surface area (Å²) in [5.41, 5.74) is -0.673. The van der Waals surface area contributed by atoms with Gasteiger partial charge in [-0.2, -0.15) is 0 Å². The lowest BCUT2D eigenvalue weighted by atomic mass is 9.94. The van der Waals surface area contributed by atoms with Crippen molar-refractivity contribution >= 4 is 0 Å². The van der Waals surface area contributed by atoms with Crippen molar-refractivity contribution in [2.24, 2.45) is 11.3 Å². The van der Waals surface area contributed by atoms with Gasteiger partial charge in [0, 0.05) is 12.0 Å². The average molecular weight is 217 g/mol. The predicted molar refractivity (Wildman–Crippen MR) is 57.1 cm³/mol. The highest BCUT2D eigenvalue weighted by molar-refractivity contribution is 5.03. The molecule has 1 heterocycles. The van der Waals surface area contributed by atoms with E-state index in [1.807, 2.05) is 0 Å². The van der Waals surface area contributed by atoms with Gasteiger partial charge in [0.05, 0.1) is 0 Å². The highest BCUT2D eigenvalue weighted by atomic mass is 19.3. The van der Waals surface area contributed by atoms with Crippen molar-refractivity contribution in [1.29, 1.82) is 0 Å². The van der Waals surface area contributed by atoms with E-state index in [2.05, 4.69) is 11.8 Å². The second kappa shape index (κ2) is 3.69. The Morgan fingerprint density at radius 3 is 2.20 bits per heavy atom. The average Bonchev–Trinajstić information content (AvgIpc) is 2.89. The van der Waals surface area contributed by atoms with Crippen LogP contribution in [-0.4, -0.2) is 30.5 Å². The first-order chi connectivity index (χ1) is 6.93. The van der Waals surface area contributed by atoms with Crippen molar-refractivity contribution in [3.8, 4) is 0 Å². The molecule has 2 aliphatic rings. The molecule has 0 radical (unpaired) electrons. The van der Waals surface area contributed by atoms with Crippen molar-refractivity contribution in [2.75, 3.05) is 19.6 Å². The molecule has 0 aromatic rings. The lowest BCUT2D eigenvalue weighted by Gasteiger charge is -2.35. The molecule has 0 atom stereocenters. The quantitative estimate of drug-likeness (QED) is 0.702. The number of nitrogens with zero attached hydrogens (tertiary/aromatic N) is 1. The van der Waals surface area contributed by atoms with Gasteiger partial charge in [-0.1, -0.05) is 6.92 Å². The topological polar surface area (TPSA) is 3.24 Å². The standard InChI is InChI=1S/C12H21F2N/c1-10-3-7-15(8-4-10)9-12(5-6-12)11(2,13)14/h10H,3-9H2,1-2H3. The summed E-state index contributed by atoms with van der Waals surface area (Å²) in [6, 6.07) is 0. The van der Waals surface area contributed by atoms with Gasteiger partial charge >= 0.3 is 0 Å². The molecule has 88 valence electrons. The Hall–Kier alpha value is -0.180. The number of likely N-dealkylation sites (tertiary alicyclic amines) is 1. The second-order valence-corrected chi connectivity index (χ2v) is 5.63. The number of halogens is 2. The van der Waals surface area contributed by atoms with Crippen molar-refractivity contribution in [3.05, 3.63) is 0 Å². The summed E-state index contributed by atoms with van der Waals surface area (Å²) >= 11 is 0. The Kier molecular flexibility index (Phi) is 2.78. The van der Waals surface area contributed by atoms with E-state index in [0.717, 1.165) is 25.9 Å². The van der Waals surface area contributed by atoms with Gasteiger partial charge in [0.2, 0.25) is 0 Å². The third-order valence-corrected chi connectivity index (χ3v) is 4.19. The van der Waals surface area contributed by atoms with Crippen molar-refractivity contribution < 1.29 is 8.78 Å². The zero-order valence-corrected chi connectivity index (χ0v) is 9.73. The van der Waals surface area contributed by atoms with Crippen LogP contribution >= 0.6 is 0 Å². The van der Waals surface area contributed by atoms with Gasteiger partial charge in [-0.05, 0) is 51.6 Å². The third kappa shape index (κ3) is 2.32. The molecule has 0 aromatic heterocycles. The molecule has 3 heteroatoms. The van der Waals surface area contributed by atoms with Crippen LogP contribution in [0.1, 0.15) is 39.5 Å². The molecule has 2 rings (SSSR count). The lowest BCUT2D eigenvalue weighted by molar-refractivity contribution is -0.0691. The summed E-state index contributed by atoms with van der Waals surface area (Å²) in [4.78, 5) is 2.24. The van der Waals surface area contributed by atoms with E-state index >= 15 is 0 Å². The molecule has 0 N–H and O–H groups in total. The molecule has 1 nitrogen and oxygen atoms in total. The van der Waals surface area contributed by atoms with E-state index in [4.69, 9.17) is 0 Å². The fraction of sp³-hybridized carbons (Fsp3) is 1.00. The second-order valence-electron chi connectivity index (χ2n) is 5.63. The Morgan fingerprint density at radius 2 is 1.80 bits per heavy atom. The Balaban J connectivity index is 1.87. The highest BCUT2D eigenvalue weighted by Gasteiger charge is 2.59. The molecule has 1 saturated heterocycles. The zero-order valence-electron chi connectivity index (χ0n) is 9.73.